The highest BCUT2D eigenvalue weighted by Crippen LogP contribution is 2.30. The minimum absolute atomic E-state index is 0.255. The summed E-state index contributed by atoms with van der Waals surface area (Å²) in [6, 6.07) is 4.40. The number of nitrogens with zero attached hydrogens (tertiary/aromatic N) is 2. The van der Waals surface area contributed by atoms with Gasteiger partial charge in [-0.3, -0.25) is 9.78 Å². The number of carbonyl (C=O) groups excluding carboxylic acids is 1. The Bertz CT molecular complexity index is 443. The van der Waals surface area contributed by atoms with E-state index < -0.39 is 0 Å². The fourth-order valence-electron chi connectivity index (χ4n) is 2.79. The van der Waals surface area contributed by atoms with Crippen molar-refractivity contribution in [3.05, 3.63) is 30.1 Å². The summed E-state index contributed by atoms with van der Waals surface area (Å²) >= 11 is 0. The van der Waals surface area contributed by atoms with Gasteiger partial charge in [0.2, 0.25) is 5.91 Å². The van der Waals surface area contributed by atoms with E-state index in [2.05, 4.69) is 18.8 Å². The molecule has 0 bridgehead atoms. The molecule has 0 saturated heterocycles. The number of rotatable bonds is 8. The fourth-order valence-corrected chi connectivity index (χ4v) is 2.79. The van der Waals surface area contributed by atoms with E-state index in [0.29, 0.717) is 37.4 Å². The zero-order valence-electron chi connectivity index (χ0n) is 13.2. The number of hydrogen-bond donors (Lipinski definition) is 1. The van der Waals surface area contributed by atoms with Gasteiger partial charge >= 0.3 is 0 Å². The molecule has 1 saturated carbocycles. The highest BCUT2D eigenvalue weighted by molar-refractivity contribution is 5.77. The lowest BCUT2D eigenvalue weighted by Crippen LogP contribution is -2.35. The Balaban J connectivity index is 1.96. The largest absolute Gasteiger partial charge is 0.335 e. The third kappa shape index (κ3) is 5.12. The van der Waals surface area contributed by atoms with E-state index in [-0.39, 0.29) is 5.91 Å². The maximum atomic E-state index is 12.6. The van der Waals surface area contributed by atoms with Gasteiger partial charge in [-0.15, -0.1) is 0 Å². The van der Waals surface area contributed by atoms with Crippen LogP contribution in [0.15, 0.2) is 24.5 Å². The summed E-state index contributed by atoms with van der Waals surface area (Å²) in [5.74, 6) is 1.14. The molecule has 4 heteroatoms. The molecule has 1 aromatic rings. The first-order valence-corrected chi connectivity index (χ1v) is 7.98. The molecule has 1 aliphatic carbocycles. The molecule has 1 heterocycles. The molecule has 1 atom stereocenters. The van der Waals surface area contributed by atoms with Gasteiger partial charge in [0.05, 0.1) is 0 Å². The van der Waals surface area contributed by atoms with E-state index in [1.807, 2.05) is 17.0 Å². The summed E-state index contributed by atoms with van der Waals surface area (Å²) in [5, 5.41) is 0. The Hall–Kier alpha value is -1.42. The zero-order valence-corrected chi connectivity index (χ0v) is 13.2. The number of nitrogens with two attached hydrogens (primary N) is 1. The second-order valence-corrected chi connectivity index (χ2v) is 6.54. The molecule has 0 aliphatic heterocycles. The molecule has 2 rings (SSSR count). The van der Waals surface area contributed by atoms with Crippen LogP contribution in [-0.2, 0) is 11.3 Å². The number of aromatic nitrogens is 1. The normalized spacial score (nSPS) is 16.0. The van der Waals surface area contributed by atoms with Crippen LogP contribution in [0.3, 0.4) is 0 Å². The van der Waals surface area contributed by atoms with Crippen LogP contribution in [0.5, 0.6) is 0 Å². The summed E-state index contributed by atoms with van der Waals surface area (Å²) < 4.78 is 0. The summed E-state index contributed by atoms with van der Waals surface area (Å²) in [5.41, 5.74) is 6.99. The molecule has 0 spiro atoms. The number of pyridine rings is 1. The predicted octanol–water partition coefficient (Wildman–Crippen LogP) is 2.58. The van der Waals surface area contributed by atoms with Gasteiger partial charge in [-0.05, 0) is 55.3 Å². The lowest BCUT2D eigenvalue weighted by molar-refractivity contribution is -0.133. The Morgan fingerprint density at radius 1 is 1.38 bits per heavy atom. The van der Waals surface area contributed by atoms with Gasteiger partial charge in [0.25, 0.3) is 0 Å². The molecule has 4 nitrogen and oxygen atoms in total. The molecule has 1 amide bonds. The van der Waals surface area contributed by atoms with Gasteiger partial charge in [-0.2, -0.15) is 0 Å². The Morgan fingerprint density at radius 2 is 2.05 bits per heavy atom. The van der Waals surface area contributed by atoms with Crippen LogP contribution in [0.25, 0.3) is 0 Å². The highest BCUT2D eigenvalue weighted by atomic mass is 16.2. The topological polar surface area (TPSA) is 59.2 Å². The average Bonchev–Trinajstić information content (AvgIpc) is 3.29. The molecule has 1 aliphatic rings. The summed E-state index contributed by atoms with van der Waals surface area (Å²) in [7, 11) is 0. The quantitative estimate of drug-likeness (QED) is 0.800. The Labute approximate surface area is 127 Å². The summed E-state index contributed by atoms with van der Waals surface area (Å²) in [6.45, 7) is 5.66. The van der Waals surface area contributed by atoms with Gasteiger partial charge in [-0.1, -0.05) is 13.8 Å². The number of hydrogen-bond acceptors (Lipinski definition) is 3. The molecule has 116 valence electrons. The lowest BCUT2D eigenvalue weighted by atomic mass is 9.93. The van der Waals surface area contributed by atoms with Crippen LogP contribution >= 0.6 is 0 Å². The highest BCUT2D eigenvalue weighted by Gasteiger charge is 2.33. The van der Waals surface area contributed by atoms with Crippen molar-refractivity contribution in [2.24, 2.45) is 17.6 Å². The van der Waals surface area contributed by atoms with Crippen LogP contribution in [-0.4, -0.2) is 28.4 Å². The maximum Gasteiger partial charge on any atom is 0.223 e. The van der Waals surface area contributed by atoms with E-state index in [9.17, 15) is 4.79 Å². The molecule has 0 aromatic carbocycles. The van der Waals surface area contributed by atoms with Crippen LogP contribution in [0.4, 0.5) is 0 Å². The monoisotopic (exact) mass is 289 g/mol. The summed E-state index contributed by atoms with van der Waals surface area (Å²) in [4.78, 5) is 18.7. The number of carbonyl (C=O) groups is 1. The smallest absolute Gasteiger partial charge is 0.223 e. The third-order valence-corrected chi connectivity index (χ3v) is 4.01. The molecule has 1 aromatic heterocycles. The van der Waals surface area contributed by atoms with Crippen LogP contribution in [0, 0.1) is 11.8 Å². The van der Waals surface area contributed by atoms with Crippen molar-refractivity contribution in [3.8, 4) is 0 Å². The van der Waals surface area contributed by atoms with Crippen LogP contribution < -0.4 is 5.73 Å². The fraction of sp³-hybridized carbons (Fsp3) is 0.647. The molecular formula is C17H27N3O. The first-order valence-electron chi connectivity index (χ1n) is 7.98. The van der Waals surface area contributed by atoms with Gasteiger partial charge < -0.3 is 10.6 Å². The van der Waals surface area contributed by atoms with Crippen molar-refractivity contribution in [3.63, 3.8) is 0 Å². The van der Waals surface area contributed by atoms with E-state index >= 15 is 0 Å². The average molecular weight is 289 g/mol. The predicted molar refractivity (Wildman–Crippen MR) is 84.4 cm³/mol. The number of amides is 1. The Kier molecular flexibility index (Phi) is 5.74. The van der Waals surface area contributed by atoms with E-state index in [0.717, 1.165) is 24.8 Å². The molecule has 1 fully saturated rings. The lowest BCUT2D eigenvalue weighted by Gasteiger charge is -2.25. The molecule has 0 radical (unpaired) electrons. The van der Waals surface area contributed by atoms with Crippen LogP contribution in [0.1, 0.15) is 45.1 Å². The SMILES string of the molecule is CC(C)C[C@H](CN)CC(=O)N(Cc1ccncc1)C1CC1. The van der Waals surface area contributed by atoms with Crippen molar-refractivity contribution >= 4 is 5.91 Å². The first kappa shape index (κ1) is 16.0. The molecule has 21 heavy (non-hydrogen) atoms. The van der Waals surface area contributed by atoms with Crippen molar-refractivity contribution < 1.29 is 4.79 Å². The maximum absolute atomic E-state index is 12.6. The minimum atomic E-state index is 0.255. The first-order chi connectivity index (χ1) is 10.1. The minimum Gasteiger partial charge on any atom is -0.335 e. The van der Waals surface area contributed by atoms with Crippen LogP contribution in [0.2, 0.25) is 0 Å². The van der Waals surface area contributed by atoms with E-state index in [4.69, 9.17) is 5.73 Å². The third-order valence-electron chi connectivity index (χ3n) is 4.01. The molecular weight excluding hydrogens is 262 g/mol. The van der Waals surface area contributed by atoms with Crippen molar-refractivity contribution in [1.29, 1.82) is 0 Å². The van der Waals surface area contributed by atoms with Crippen molar-refractivity contribution in [1.82, 2.24) is 9.88 Å². The second kappa shape index (κ2) is 7.55. The zero-order chi connectivity index (χ0) is 15.2. The van der Waals surface area contributed by atoms with Crippen molar-refractivity contribution in [2.75, 3.05) is 6.54 Å². The van der Waals surface area contributed by atoms with Gasteiger partial charge in [-0.25, -0.2) is 0 Å². The molecule has 0 unspecified atom stereocenters. The van der Waals surface area contributed by atoms with E-state index in [1.165, 1.54) is 0 Å². The summed E-state index contributed by atoms with van der Waals surface area (Å²) in [6.07, 6.45) is 7.44. The van der Waals surface area contributed by atoms with Gasteiger partial charge in [0.1, 0.15) is 0 Å². The van der Waals surface area contributed by atoms with Gasteiger partial charge in [0, 0.05) is 31.4 Å². The molecule has 2 N–H and O–H groups in total. The van der Waals surface area contributed by atoms with E-state index in [1.54, 1.807) is 12.4 Å². The Morgan fingerprint density at radius 3 is 2.57 bits per heavy atom. The second-order valence-electron chi connectivity index (χ2n) is 6.54. The standard InChI is InChI=1S/C17H27N3O/c1-13(2)9-15(11-18)10-17(21)20(16-3-4-16)12-14-5-7-19-8-6-14/h5-8,13,15-16H,3-4,9-12,18H2,1-2H3/t15-/m0/s1. The van der Waals surface area contributed by atoms with Gasteiger partial charge in [0.15, 0.2) is 0 Å². The van der Waals surface area contributed by atoms with Crippen molar-refractivity contribution in [2.45, 2.75) is 52.1 Å².